The Bertz CT molecular complexity index is 1420. The third-order valence-corrected chi connectivity index (χ3v) is 15.0. The molecule has 0 heterocycles. The number of carbonyl (C=O) groups is 2. The average molecular weight is 1050 g/mol. The first kappa shape index (κ1) is 69.6. The Morgan fingerprint density at radius 2 is 0.930 bits per heavy atom. The van der Waals surface area contributed by atoms with Crippen LogP contribution in [0.25, 0.3) is 0 Å². The number of quaternary nitrogens is 2. The van der Waals surface area contributed by atoms with E-state index < -0.39 is 46.5 Å². The van der Waals surface area contributed by atoms with Gasteiger partial charge in [0.25, 0.3) is 0 Å². The van der Waals surface area contributed by atoms with Gasteiger partial charge in [-0.15, -0.1) is 0 Å². The number of ether oxygens (including phenoxy) is 2. The predicted octanol–water partition coefficient (Wildman–Crippen LogP) is 14.7. The van der Waals surface area contributed by atoms with Gasteiger partial charge >= 0.3 is 27.6 Å². The predicted molar refractivity (Wildman–Crippen MR) is 286 cm³/mol. The number of hydrogen-bond acceptors (Lipinski definition) is 12. The van der Waals surface area contributed by atoms with Crippen LogP contribution in [-0.4, -0.2) is 120 Å². The normalized spacial score (nSPS) is 14.6. The van der Waals surface area contributed by atoms with Crippen LogP contribution in [0.3, 0.4) is 0 Å². The molecule has 0 bridgehead atoms. The number of esters is 2. The topological polar surface area (TPSA) is 177 Å². The van der Waals surface area contributed by atoms with E-state index in [1.54, 1.807) is 21.1 Å². The fourth-order valence-corrected chi connectivity index (χ4v) is 10.5. The van der Waals surface area contributed by atoms with Gasteiger partial charge in [0.05, 0.1) is 94.2 Å². The molecule has 0 aliphatic rings. The minimum atomic E-state index is -4.47. The second-order valence-corrected chi connectivity index (χ2v) is 24.7. The first-order valence-electron chi connectivity index (χ1n) is 28.4. The van der Waals surface area contributed by atoms with Crippen LogP contribution in [-0.2, 0) is 50.8 Å². The van der Waals surface area contributed by atoms with Crippen LogP contribution in [0.1, 0.15) is 239 Å². The molecule has 71 heavy (non-hydrogen) atoms. The molecule has 0 rings (SSSR count). The highest BCUT2D eigenvalue weighted by Crippen LogP contribution is 2.51. The first-order valence-corrected chi connectivity index (χ1v) is 31.3. The zero-order valence-corrected chi connectivity index (χ0v) is 48.6. The molecule has 420 valence electrons. The van der Waals surface area contributed by atoms with Gasteiger partial charge in [0.1, 0.15) is 6.61 Å². The first-order chi connectivity index (χ1) is 33.9. The number of phosphoric ester groups is 2. The Morgan fingerprint density at radius 1 is 0.521 bits per heavy atom. The van der Waals surface area contributed by atoms with Crippen molar-refractivity contribution in [1.29, 1.82) is 5.26 Å². The molecule has 0 aromatic carbocycles. The van der Waals surface area contributed by atoms with Crippen LogP contribution in [0.2, 0.25) is 0 Å². The van der Waals surface area contributed by atoms with Crippen molar-refractivity contribution < 1.29 is 64.7 Å². The van der Waals surface area contributed by atoms with Crippen LogP contribution in [0.5, 0.6) is 0 Å². The summed E-state index contributed by atoms with van der Waals surface area (Å²) in [6.45, 7) is 3.93. The monoisotopic (exact) mass is 1050 g/mol. The number of nitrogens with zero attached hydrogens (tertiary/aromatic N) is 3. The van der Waals surface area contributed by atoms with E-state index in [2.05, 4.69) is 13.8 Å². The molecule has 0 spiro atoms. The number of phosphoric acid groups is 2. The minimum Gasteiger partial charge on any atom is -0.462 e. The van der Waals surface area contributed by atoms with Crippen molar-refractivity contribution in [1.82, 2.24) is 0 Å². The van der Waals surface area contributed by atoms with Gasteiger partial charge in [-0.25, -0.2) is 13.7 Å². The zero-order valence-electron chi connectivity index (χ0n) is 46.8. The summed E-state index contributed by atoms with van der Waals surface area (Å²) in [5.74, 6) is -0.901. The molecule has 17 heteroatoms. The lowest BCUT2D eigenvalue weighted by atomic mass is 10.0. The van der Waals surface area contributed by atoms with E-state index in [9.17, 15) is 23.6 Å². The van der Waals surface area contributed by atoms with E-state index in [1.165, 1.54) is 141 Å². The lowest BCUT2D eigenvalue weighted by Gasteiger charge is -2.34. The summed E-state index contributed by atoms with van der Waals surface area (Å²) in [6.07, 6.45) is 35.3. The molecule has 0 aliphatic heterocycles. The van der Waals surface area contributed by atoms with E-state index in [1.807, 2.05) is 27.2 Å². The molecule has 0 fully saturated rings. The molecule has 0 aromatic rings. The third-order valence-electron chi connectivity index (χ3n) is 12.5. The summed E-state index contributed by atoms with van der Waals surface area (Å²) in [4.78, 5) is 36.5. The molecule has 0 saturated carbocycles. The van der Waals surface area contributed by atoms with Crippen LogP contribution in [0.15, 0.2) is 0 Å². The van der Waals surface area contributed by atoms with Crippen molar-refractivity contribution in [2.45, 2.75) is 251 Å². The van der Waals surface area contributed by atoms with Gasteiger partial charge in [0.2, 0.25) is 6.23 Å². The Hall–Kier alpha value is -1.43. The maximum atomic E-state index is 14.0. The summed E-state index contributed by atoms with van der Waals surface area (Å²) in [5, 5.41) is 9.16. The molecule has 0 amide bonds. The van der Waals surface area contributed by atoms with E-state index in [0.29, 0.717) is 23.7 Å². The second-order valence-electron chi connectivity index (χ2n) is 21.6. The van der Waals surface area contributed by atoms with E-state index >= 15 is 0 Å². The zero-order chi connectivity index (χ0) is 53.0. The smallest absolute Gasteiger partial charge is 0.462 e. The molecule has 0 aliphatic carbocycles. The van der Waals surface area contributed by atoms with Gasteiger partial charge in [-0.05, 0) is 12.8 Å². The summed E-state index contributed by atoms with van der Waals surface area (Å²) < 4.78 is 66.7. The highest BCUT2D eigenvalue weighted by Gasteiger charge is 2.37. The summed E-state index contributed by atoms with van der Waals surface area (Å²) in [6, 6.07) is 1.93. The van der Waals surface area contributed by atoms with Gasteiger partial charge < -0.3 is 23.3 Å². The Balaban J connectivity index is 5.27. The molecule has 1 N–H and O–H groups in total. The van der Waals surface area contributed by atoms with Crippen molar-refractivity contribution in [2.75, 3.05) is 81.9 Å². The summed E-state index contributed by atoms with van der Waals surface area (Å²) in [5.41, 5.74) is 0. The molecule has 15 nitrogen and oxygen atoms in total. The van der Waals surface area contributed by atoms with Gasteiger partial charge in [0.15, 0.2) is 6.10 Å². The maximum Gasteiger partial charge on any atom is 0.476 e. The number of carbonyl (C=O) groups excluding carboxylic acids is 2. The molecular weight excluding hydrogens is 945 g/mol. The fourth-order valence-electron chi connectivity index (χ4n) is 8.14. The van der Waals surface area contributed by atoms with Crippen LogP contribution in [0, 0.1) is 11.3 Å². The lowest BCUT2D eigenvalue weighted by Crippen LogP contribution is -2.46. The van der Waals surface area contributed by atoms with Gasteiger partial charge in [-0.1, -0.05) is 194 Å². The number of unbranched alkanes of at least 4 members (excludes halogenated alkanes) is 28. The van der Waals surface area contributed by atoms with E-state index in [0.717, 1.165) is 45.1 Å². The number of hydrogen-bond donors (Lipinski definition) is 1. The fraction of sp³-hybridized carbons (Fsp3) is 0.944. The van der Waals surface area contributed by atoms with Crippen molar-refractivity contribution in [3.05, 3.63) is 0 Å². The van der Waals surface area contributed by atoms with Crippen LogP contribution < -0.4 is 0 Å². The van der Waals surface area contributed by atoms with Crippen molar-refractivity contribution >= 4 is 27.6 Å². The minimum absolute atomic E-state index is 0.0140. The second kappa shape index (κ2) is 44.8. The summed E-state index contributed by atoms with van der Waals surface area (Å²) in [7, 11) is 2.47. The highest BCUT2D eigenvalue weighted by molar-refractivity contribution is 7.48. The van der Waals surface area contributed by atoms with Gasteiger partial charge in [-0.3, -0.25) is 27.7 Å². The average Bonchev–Trinajstić information content (AvgIpc) is 3.30. The molecular formula is C54H109N3O12P2+2. The molecule has 4 unspecified atom stereocenters. The maximum absolute atomic E-state index is 14.0. The molecule has 4 atom stereocenters. The molecule has 0 radical (unpaired) electrons. The quantitative estimate of drug-likeness (QED) is 0.0200. The third kappa shape index (κ3) is 46.8. The summed E-state index contributed by atoms with van der Waals surface area (Å²) >= 11 is 0. The van der Waals surface area contributed by atoms with E-state index in [-0.39, 0.29) is 56.6 Å². The molecule has 0 saturated heterocycles. The Labute approximate surface area is 434 Å². The van der Waals surface area contributed by atoms with Crippen molar-refractivity contribution in [3.63, 3.8) is 0 Å². The lowest BCUT2D eigenvalue weighted by molar-refractivity contribution is -0.916. The Morgan fingerprint density at radius 3 is 1.34 bits per heavy atom. The Kier molecular flexibility index (Phi) is 43.9. The number of rotatable bonds is 53. The van der Waals surface area contributed by atoms with Gasteiger partial charge in [-0.2, -0.15) is 5.26 Å². The van der Waals surface area contributed by atoms with Crippen molar-refractivity contribution in [3.8, 4) is 6.07 Å². The van der Waals surface area contributed by atoms with E-state index in [4.69, 9.17) is 37.4 Å². The largest absolute Gasteiger partial charge is 0.476 e. The van der Waals surface area contributed by atoms with Gasteiger partial charge in [0, 0.05) is 19.3 Å². The SMILES string of the molecule is CCCCCCCCCCCCCCCCCC(=O)OCC(COP(=O)(OCCC#N)OCCC(OP(=O)(O)OCCC[N+](C)(C)C)[N+](C)(C)C)OC(=O)CCCCCCCCCCCCCCCCC. The standard InChI is InChI=1S/C54H108N3O12P2/c1-9-11-13-15-17-19-21-23-25-27-29-31-33-35-37-41-53(58)63-49-51(68-54(59)42-38-36-34-32-30-28-26-24-22-20-18-16-14-12-10-2)50-67-71(62,65-46-39-44-55)66-48-43-52(57(6,7)8)69-70(60,61)64-47-40-45-56(3,4)5/h51-52H,9-43,45-50H2,1-8H3/q+1/p+1. The van der Waals surface area contributed by atoms with Crippen LogP contribution >= 0.6 is 15.6 Å². The van der Waals surface area contributed by atoms with Crippen molar-refractivity contribution in [2.24, 2.45) is 0 Å². The number of nitriles is 1. The highest BCUT2D eigenvalue weighted by atomic mass is 31.2. The molecule has 0 aromatic heterocycles. The van der Waals surface area contributed by atoms with Crippen LogP contribution in [0.4, 0.5) is 0 Å².